The van der Waals surface area contributed by atoms with Crippen LogP contribution in [0.5, 0.6) is 5.75 Å². The number of hydrogen-bond acceptors (Lipinski definition) is 4. The molecule has 2 rings (SSSR count). The Labute approximate surface area is 123 Å². The lowest BCUT2D eigenvalue weighted by molar-refractivity contribution is -0.118. The van der Waals surface area contributed by atoms with Gasteiger partial charge in [-0.15, -0.1) is 0 Å². The van der Waals surface area contributed by atoms with Crippen LogP contribution in [0.15, 0.2) is 42.5 Å². The standard InChI is InChI=1S/C16H15N3O2/c1-11-6-7-14(13(18)8-11)19-16(20)10-21-15-5-3-2-4-12(15)9-17/h2-8H,10,18H2,1H3,(H,19,20). The number of nitrogens with two attached hydrogens (primary N) is 1. The van der Waals surface area contributed by atoms with Crippen LogP contribution in [0, 0.1) is 18.3 Å². The summed E-state index contributed by atoms with van der Waals surface area (Å²) in [4.78, 5) is 11.8. The van der Waals surface area contributed by atoms with Crippen LogP contribution in [0.25, 0.3) is 0 Å². The number of nitrogen functional groups attached to an aromatic ring is 1. The third-order valence-electron chi connectivity index (χ3n) is 2.85. The van der Waals surface area contributed by atoms with E-state index in [1.807, 2.05) is 19.1 Å². The van der Waals surface area contributed by atoms with Gasteiger partial charge in [0.15, 0.2) is 6.61 Å². The predicted octanol–water partition coefficient (Wildman–Crippen LogP) is 2.47. The van der Waals surface area contributed by atoms with Crippen LogP contribution in [-0.4, -0.2) is 12.5 Å². The van der Waals surface area contributed by atoms with Gasteiger partial charge in [0.25, 0.3) is 5.91 Å². The third-order valence-corrected chi connectivity index (χ3v) is 2.85. The van der Waals surface area contributed by atoms with Crippen LogP contribution in [0.4, 0.5) is 11.4 Å². The Hall–Kier alpha value is -3.00. The van der Waals surface area contributed by atoms with Crippen LogP contribution >= 0.6 is 0 Å². The number of anilines is 2. The maximum absolute atomic E-state index is 11.8. The van der Waals surface area contributed by atoms with Crippen LogP contribution in [-0.2, 0) is 4.79 Å². The van der Waals surface area contributed by atoms with Gasteiger partial charge in [-0.05, 0) is 36.8 Å². The van der Waals surface area contributed by atoms with Gasteiger partial charge in [0.05, 0.1) is 16.9 Å². The smallest absolute Gasteiger partial charge is 0.262 e. The molecule has 0 saturated heterocycles. The number of nitrogens with zero attached hydrogens (tertiary/aromatic N) is 1. The van der Waals surface area contributed by atoms with E-state index >= 15 is 0 Å². The number of para-hydroxylation sites is 1. The molecule has 3 N–H and O–H groups in total. The number of rotatable bonds is 4. The Bertz CT molecular complexity index is 705. The Balaban J connectivity index is 1.98. The summed E-state index contributed by atoms with van der Waals surface area (Å²) in [6, 6.07) is 14.1. The summed E-state index contributed by atoms with van der Waals surface area (Å²) in [5.74, 6) is 0.0466. The summed E-state index contributed by atoms with van der Waals surface area (Å²) >= 11 is 0. The fraction of sp³-hybridized carbons (Fsp3) is 0.125. The zero-order valence-electron chi connectivity index (χ0n) is 11.6. The first-order valence-electron chi connectivity index (χ1n) is 6.38. The predicted molar refractivity (Wildman–Crippen MR) is 80.9 cm³/mol. The number of aryl methyl sites for hydroxylation is 1. The van der Waals surface area contributed by atoms with E-state index in [1.54, 1.807) is 36.4 Å². The van der Waals surface area contributed by atoms with Crippen molar-refractivity contribution in [2.45, 2.75) is 6.92 Å². The van der Waals surface area contributed by atoms with Crippen molar-refractivity contribution in [1.29, 1.82) is 5.26 Å². The maximum Gasteiger partial charge on any atom is 0.262 e. The zero-order valence-corrected chi connectivity index (χ0v) is 11.6. The molecule has 0 atom stereocenters. The number of amides is 1. The second-order valence-electron chi connectivity index (χ2n) is 4.54. The second-order valence-corrected chi connectivity index (χ2v) is 4.54. The van der Waals surface area contributed by atoms with Gasteiger partial charge >= 0.3 is 0 Å². The summed E-state index contributed by atoms with van der Waals surface area (Å²) in [5.41, 5.74) is 8.28. The molecule has 5 heteroatoms. The number of nitrogens with one attached hydrogen (secondary N) is 1. The second kappa shape index (κ2) is 6.44. The number of hydrogen-bond donors (Lipinski definition) is 2. The van der Waals surface area contributed by atoms with Crippen LogP contribution in [0.3, 0.4) is 0 Å². The Morgan fingerprint density at radius 1 is 1.33 bits per heavy atom. The maximum atomic E-state index is 11.8. The van der Waals surface area contributed by atoms with Gasteiger partial charge < -0.3 is 15.8 Å². The van der Waals surface area contributed by atoms with Crippen molar-refractivity contribution in [2.24, 2.45) is 0 Å². The zero-order chi connectivity index (χ0) is 15.2. The van der Waals surface area contributed by atoms with Crippen LogP contribution in [0.1, 0.15) is 11.1 Å². The molecule has 2 aromatic carbocycles. The Morgan fingerprint density at radius 3 is 2.81 bits per heavy atom. The van der Waals surface area contributed by atoms with Crippen LogP contribution < -0.4 is 15.8 Å². The average Bonchev–Trinajstić information content (AvgIpc) is 2.48. The number of carbonyl (C=O) groups is 1. The van der Waals surface area contributed by atoms with Gasteiger partial charge in [-0.25, -0.2) is 0 Å². The summed E-state index contributed by atoms with van der Waals surface area (Å²) in [6.07, 6.45) is 0. The molecule has 0 aliphatic heterocycles. The summed E-state index contributed by atoms with van der Waals surface area (Å²) < 4.78 is 5.35. The molecule has 0 fully saturated rings. The van der Waals surface area contributed by atoms with Crippen molar-refractivity contribution < 1.29 is 9.53 Å². The minimum Gasteiger partial charge on any atom is -0.482 e. The van der Waals surface area contributed by atoms with E-state index in [9.17, 15) is 4.79 Å². The van der Waals surface area contributed by atoms with Crippen molar-refractivity contribution in [3.05, 3.63) is 53.6 Å². The highest BCUT2D eigenvalue weighted by Crippen LogP contribution is 2.20. The number of ether oxygens (including phenoxy) is 1. The first-order valence-corrected chi connectivity index (χ1v) is 6.38. The molecule has 0 heterocycles. The first kappa shape index (κ1) is 14.4. The van der Waals surface area contributed by atoms with E-state index in [0.717, 1.165) is 5.56 Å². The van der Waals surface area contributed by atoms with E-state index in [4.69, 9.17) is 15.7 Å². The highest BCUT2D eigenvalue weighted by atomic mass is 16.5. The molecule has 0 saturated carbocycles. The number of carbonyl (C=O) groups excluding carboxylic acids is 1. The van der Waals surface area contributed by atoms with E-state index in [2.05, 4.69) is 5.32 Å². The number of benzene rings is 2. The highest BCUT2D eigenvalue weighted by molar-refractivity contribution is 5.94. The molecule has 0 radical (unpaired) electrons. The topological polar surface area (TPSA) is 88.1 Å². The Kier molecular flexibility index (Phi) is 4.42. The quantitative estimate of drug-likeness (QED) is 0.843. The van der Waals surface area contributed by atoms with Crippen molar-refractivity contribution in [2.75, 3.05) is 17.7 Å². The largest absolute Gasteiger partial charge is 0.482 e. The average molecular weight is 281 g/mol. The van der Waals surface area contributed by atoms with E-state index < -0.39 is 0 Å². The third kappa shape index (κ3) is 3.74. The van der Waals surface area contributed by atoms with E-state index in [1.165, 1.54) is 0 Å². The lowest BCUT2D eigenvalue weighted by atomic mass is 10.2. The molecule has 0 aliphatic carbocycles. The molecule has 2 aromatic rings. The van der Waals surface area contributed by atoms with Gasteiger partial charge in [-0.1, -0.05) is 18.2 Å². The van der Waals surface area contributed by atoms with Crippen LogP contribution in [0.2, 0.25) is 0 Å². The van der Waals surface area contributed by atoms with Crippen molar-refractivity contribution >= 4 is 17.3 Å². The van der Waals surface area contributed by atoms with Gasteiger partial charge in [-0.3, -0.25) is 4.79 Å². The van der Waals surface area contributed by atoms with Gasteiger partial charge in [0.1, 0.15) is 11.8 Å². The molecule has 0 spiro atoms. The normalized spacial score (nSPS) is 9.71. The van der Waals surface area contributed by atoms with Crippen molar-refractivity contribution in [3.8, 4) is 11.8 Å². The molecule has 0 aliphatic rings. The van der Waals surface area contributed by atoms with Crippen molar-refractivity contribution in [1.82, 2.24) is 0 Å². The monoisotopic (exact) mass is 281 g/mol. The summed E-state index contributed by atoms with van der Waals surface area (Å²) in [5, 5.41) is 11.6. The fourth-order valence-electron chi connectivity index (χ4n) is 1.81. The summed E-state index contributed by atoms with van der Waals surface area (Å²) in [6.45, 7) is 1.73. The minimum atomic E-state index is -0.335. The molecule has 21 heavy (non-hydrogen) atoms. The molecule has 1 amide bonds. The molecule has 0 bridgehead atoms. The van der Waals surface area contributed by atoms with Gasteiger partial charge in [-0.2, -0.15) is 5.26 Å². The Morgan fingerprint density at radius 2 is 2.10 bits per heavy atom. The first-order chi connectivity index (χ1) is 10.1. The molecule has 5 nitrogen and oxygen atoms in total. The highest BCUT2D eigenvalue weighted by Gasteiger charge is 2.08. The minimum absolute atomic E-state index is 0.188. The molecule has 106 valence electrons. The number of nitriles is 1. The summed E-state index contributed by atoms with van der Waals surface area (Å²) in [7, 11) is 0. The van der Waals surface area contributed by atoms with Gasteiger partial charge in [0, 0.05) is 0 Å². The van der Waals surface area contributed by atoms with E-state index in [-0.39, 0.29) is 12.5 Å². The van der Waals surface area contributed by atoms with Gasteiger partial charge in [0.2, 0.25) is 0 Å². The molecular formula is C16H15N3O2. The SMILES string of the molecule is Cc1ccc(NC(=O)COc2ccccc2C#N)c(N)c1. The van der Waals surface area contributed by atoms with Crippen molar-refractivity contribution in [3.63, 3.8) is 0 Å². The molecule has 0 unspecified atom stereocenters. The fourth-order valence-corrected chi connectivity index (χ4v) is 1.81. The van der Waals surface area contributed by atoms with E-state index in [0.29, 0.717) is 22.7 Å². The molecular weight excluding hydrogens is 266 g/mol. The lowest BCUT2D eigenvalue weighted by Crippen LogP contribution is -2.21. The molecule has 0 aromatic heterocycles. The lowest BCUT2D eigenvalue weighted by Gasteiger charge is -2.10.